The molecule has 1 aromatic heterocycles. The van der Waals surface area contributed by atoms with Crippen LogP contribution in [0.5, 0.6) is 0 Å². The third-order valence-corrected chi connectivity index (χ3v) is 6.56. The Morgan fingerprint density at radius 3 is 2.53 bits per heavy atom. The van der Waals surface area contributed by atoms with Crippen LogP contribution in [0.15, 0.2) is 30.3 Å². The maximum atomic E-state index is 12.7. The average molecular weight is 408 g/mol. The van der Waals surface area contributed by atoms with E-state index in [9.17, 15) is 9.90 Å². The van der Waals surface area contributed by atoms with Crippen molar-refractivity contribution >= 4 is 33.5 Å². The minimum absolute atomic E-state index is 0.257. The van der Waals surface area contributed by atoms with Gasteiger partial charge in [-0.05, 0) is 63.8 Å². The number of anilines is 1. The molecule has 30 heavy (non-hydrogen) atoms. The summed E-state index contributed by atoms with van der Waals surface area (Å²) in [5.74, 6) is 0. The van der Waals surface area contributed by atoms with Crippen LogP contribution in [0.4, 0.5) is 10.5 Å². The molecule has 1 heterocycles. The summed E-state index contributed by atoms with van der Waals surface area (Å²) in [6, 6.07) is 10.7. The number of carbonyl (C=O) groups excluding carboxylic acids is 1. The fourth-order valence-electron chi connectivity index (χ4n) is 5.06. The smallest absolute Gasteiger partial charge is 0.319 e. The predicted molar refractivity (Wildman–Crippen MR) is 124 cm³/mol. The molecule has 1 fully saturated rings. The van der Waals surface area contributed by atoms with E-state index in [0.717, 1.165) is 48.9 Å². The molecule has 160 valence electrons. The number of nitrogens with zero attached hydrogens (tertiary/aromatic N) is 1. The van der Waals surface area contributed by atoms with Crippen LogP contribution in [-0.2, 0) is 0 Å². The lowest BCUT2D eigenvalue weighted by Gasteiger charge is -2.32. The number of rotatable bonds is 4. The van der Waals surface area contributed by atoms with E-state index in [1.54, 1.807) is 0 Å². The van der Waals surface area contributed by atoms with Crippen LogP contribution in [0.25, 0.3) is 21.8 Å². The molecule has 2 aromatic carbocycles. The molecule has 3 N–H and O–H groups in total. The van der Waals surface area contributed by atoms with Crippen molar-refractivity contribution in [1.82, 2.24) is 9.88 Å². The highest BCUT2D eigenvalue weighted by Gasteiger charge is 2.29. The van der Waals surface area contributed by atoms with E-state index >= 15 is 0 Å². The molecule has 5 heteroatoms. The number of nitrogens with one attached hydrogen (secondary N) is 2. The molecular weight excluding hydrogens is 374 g/mol. The van der Waals surface area contributed by atoms with Crippen molar-refractivity contribution in [2.24, 2.45) is 0 Å². The van der Waals surface area contributed by atoms with Gasteiger partial charge in [0, 0.05) is 34.6 Å². The number of aliphatic hydroxyl groups is 1. The second kappa shape index (κ2) is 7.95. The van der Waals surface area contributed by atoms with Crippen LogP contribution in [0.3, 0.4) is 0 Å². The zero-order valence-electron chi connectivity index (χ0n) is 18.5. The van der Waals surface area contributed by atoms with Gasteiger partial charge in [0.15, 0.2) is 0 Å². The first-order chi connectivity index (χ1) is 14.3. The minimum atomic E-state index is -0.770. The van der Waals surface area contributed by atoms with Gasteiger partial charge < -0.3 is 20.3 Å². The quantitative estimate of drug-likeness (QED) is 0.511. The van der Waals surface area contributed by atoms with E-state index in [-0.39, 0.29) is 6.03 Å². The van der Waals surface area contributed by atoms with Crippen LogP contribution in [0.1, 0.15) is 63.1 Å². The number of aromatic nitrogens is 1. The normalized spacial score (nSPS) is 16.3. The molecule has 0 atom stereocenters. The SMILES string of the molecule is Cc1cc2c(c(C)c1NC(=O)NCC1(O)CCCCC1)c1ccccc1n2C(C)C. The van der Waals surface area contributed by atoms with E-state index < -0.39 is 5.60 Å². The molecular formula is C25H33N3O2. The fourth-order valence-corrected chi connectivity index (χ4v) is 5.06. The number of amides is 2. The van der Waals surface area contributed by atoms with Gasteiger partial charge in [0.2, 0.25) is 0 Å². The summed E-state index contributed by atoms with van der Waals surface area (Å²) in [5.41, 5.74) is 4.61. The topological polar surface area (TPSA) is 66.3 Å². The van der Waals surface area contributed by atoms with Crippen molar-refractivity contribution in [2.45, 2.75) is 71.4 Å². The van der Waals surface area contributed by atoms with Gasteiger partial charge in [-0.1, -0.05) is 37.5 Å². The van der Waals surface area contributed by atoms with Gasteiger partial charge in [0.25, 0.3) is 0 Å². The van der Waals surface area contributed by atoms with Gasteiger partial charge in [0.05, 0.1) is 11.1 Å². The van der Waals surface area contributed by atoms with Gasteiger partial charge in [0.1, 0.15) is 0 Å². The summed E-state index contributed by atoms with van der Waals surface area (Å²) in [7, 11) is 0. The summed E-state index contributed by atoms with van der Waals surface area (Å²) in [6.07, 6.45) is 4.72. The molecule has 0 spiro atoms. The Morgan fingerprint density at radius 2 is 1.83 bits per heavy atom. The van der Waals surface area contributed by atoms with E-state index in [4.69, 9.17) is 0 Å². The Kier molecular flexibility index (Phi) is 5.49. The van der Waals surface area contributed by atoms with Crippen molar-refractivity contribution in [3.05, 3.63) is 41.5 Å². The highest BCUT2D eigenvalue weighted by atomic mass is 16.3. The fraction of sp³-hybridized carbons (Fsp3) is 0.480. The predicted octanol–water partition coefficient (Wildman–Crippen LogP) is 5.81. The molecule has 0 saturated heterocycles. The highest BCUT2D eigenvalue weighted by Crippen LogP contribution is 2.38. The van der Waals surface area contributed by atoms with Crippen LogP contribution < -0.4 is 10.6 Å². The molecule has 3 aromatic rings. The van der Waals surface area contributed by atoms with E-state index in [2.05, 4.69) is 66.3 Å². The van der Waals surface area contributed by atoms with Gasteiger partial charge in [-0.3, -0.25) is 0 Å². The van der Waals surface area contributed by atoms with Crippen molar-refractivity contribution in [3.63, 3.8) is 0 Å². The number of urea groups is 1. The average Bonchev–Trinajstić information content (AvgIpc) is 3.04. The molecule has 4 rings (SSSR count). The number of hydrogen-bond donors (Lipinski definition) is 3. The van der Waals surface area contributed by atoms with Crippen molar-refractivity contribution in [2.75, 3.05) is 11.9 Å². The Labute approximate surface area is 178 Å². The summed E-state index contributed by atoms with van der Waals surface area (Å²) >= 11 is 0. The second-order valence-electron chi connectivity index (χ2n) is 9.16. The lowest BCUT2D eigenvalue weighted by atomic mass is 9.85. The molecule has 0 radical (unpaired) electrons. The first-order valence-electron chi connectivity index (χ1n) is 11.1. The monoisotopic (exact) mass is 407 g/mol. The van der Waals surface area contributed by atoms with Gasteiger partial charge in [-0.15, -0.1) is 0 Å². The number of benzene rings is 2. The molecule has 1 saturated carbocycles. The summed E-state index contributed by atoms with van der Waals surface area (Å²) in [5, 5.41) is 19.0. The van der Waals surface area contributed by atoms with E-state index in [1.807, 2.05) is 6.92 Å². The van der Waals surface area contributed by atoms with E-state index in [0.29, 0.717) is 12.6 Å². The van der Waals surface area contributed by atoms with Crippen LogP contribution >= 0.6 is 0 Å². The first-order valence-corrected chi connectivity index (χ1v) is 11.1. The maximum absolute atomic E-state index is 12.7. The molecule has 2 amide bonds. The highest BCUT2D eigenvalue weighted by molar-refractivity contribution is 6.12. The summed E-state index contributed by atoms with van der Waals surface area (Å²) in [6.45, 7) is 8.82. The van der Waals surface area contributed by atoms with Gasteiger partial charge in [-0.2, -0.15) is 0 Å². The number of hydrogen-bond acceptors (Lipinski definition) is 2. The standard InChI is InChI=1S/C25H33N3O2/c1-16(2)28-20-11-7-6-10-19(20)22-18(4)23(17(3)14-21(22)28)27-24(29)26-15-25(30)12-8-5-9-13-25/h6-7,10-11,14,16,30H,5,8-9,12-13,15H2,1-4H3,(H2,26,27,29). The summed E-state index contributed by atoms with van der Waals surface area (Å²) < 4.78 is 2.37. The Hall–Kier alpha value is -2.53. The molecule has 0 bridgehead atoms. The molecule has 0 aliphatic heterocycles. The maximum Gasteiger partial charge on any atom is 0.319 e. The number of carbonyl (C=O) groups is 1. The third-order valence-electron chi connectivity index (χ3n) is 6.56. The zero-order chi connectivity index (χ0) is 21.5. The number of aryl methyl sites for hydroxylation is 2. The van der Waals surface area contributed by atoms with Crippen LogP contribution in [0, 0.1) is 13.8 Å². The zero-order valence-corrected chi connectivity index (χ0v) is 18.5. The molecule has 1 aliphatic carbocycles. The van der Waals surface area contributed by atoms with Crippen LogP contribution in [-0.4, -0.2) is 27.9 Å². The lowest BCUT2D eigenvalue weighted by Crippen LogP contribution is -2.45. The number of para-hydroxylation sites is 1. The molecule has 1 aliphatic rings. The van der Waals surface area contributed by atoms with Gasteiger partial charge in [-0.25, -0.2) is 4.79 Å². The van der Waals surface area contributed by atoms with E-state index in [1.165, 1.54) is 21.8 Å². The Balaban J connectivity index is 1.66. The van der Waals surface area contributed by atoms with Crippen molar-refractivity contribution in [1.29, 1.82) is 0 Å². The van der Waals surface area contributed by atoms with Crippen LogP contribution in [0.2, 0.25) is 0 Å². The Morgan fingerprint density at radius 1 is 1.13 bits per heavy atom. The van der Waals surface area contributed by atoms with Crippen molar-refractivity contribution < 1.29 is 9.90 Å². The first kappa shape index (κ1) is 20.7. The molecule has 0 unspecified atom stereocenters. The second-order valence-corrected chi connectivity index (χ2v) is 9.16. The van der Waals surface area contributed by atoms with Gasteiger partial charge >= 0.3 is 6.03 Å². The minimum Gasteiger partial charge on any atom is -0.388 e. The third kappa shape index (κ3) is 3.67. The number of fused-ring (bicyclic) bond motifs is 3. The largest absolute Gasteiger partial charge is 0.388 e. The Bertz CT molecular complexity index is 1090. The summed E-state index contributed by atoms with van der Waals surface area (Å²) in [4.78, 5) is 12.7. The lowest BCUT2D eigenvalue weighted by molar-refractivity contribution is 0.00755. The van der Waals surface area contributed by atoms with Crippen molar-refractivity contribution in [3.8, 4) is 0 Å². The molecule has 5 nitrogen and oxygen atoms in total.